The number of rotatable bonds is 5. The van der Waals surface area contributed by atoms with E-state index in [1.807, 2.05) is 48.5 Å². The Morgan fingerprint density at radius 1 is 0.811 bits per heavy atom. The number of aryl methyl sites for hydroxylation is 2. The third kappa shape index (κ3) is 3.57. The summed E-state index contributed by atoms with van der Waals surface area (Å²) in [5.74, 6) is 1.06. The van der Waals surface area contributed by atoms with Crippen LogP contribution in [0.25, 0.3) is 0 Å². The molecule has 0 amide bonds. The van der Waals surface area contributed by atoms with Crippen molar-refractivity contribution in [1.29, 1.82) is 0 Å². The largest absolute Gasteiger partial charge is 0.456 e. The highest BCUT2D eigenvalue weighted by Crippen LogP contribution is 2.57. The minimum atomic E-state index is -1.08. The highest BCUT2D eigenvalue weighted by Gasteiger charge is 2.53. The molecule has 4 aromatic rings. The van der Waals surface area contributed by atoms with E-state index in [-0.39, 0.29) is 5.97 Å². The van der Waals surface area contributed by atoms with Gasteiger partial charge in [0.05, 0.1) is 5.56 Å². The summed E-state index contributed by atoms with van der Waals surface area (Å²) in [6, 6.07) is 26.2. The van der Waals surface area contributed by atoms with Gasteiger partial charge >= 0.3 is 5.97 Å². The van der Waals surface area contributed by atoms with Crippen LogP contribution in [0.3, 0.4) is 0 Å². The van der Waals surface area contributed by atoms with Crippen molar-refractivity contribution in [2.75, 3.05) is 23.3 Å². The van der Waals surface area contributed by atoms with E-state index in [2.05, 4.69) is 68.2 Å². The van der Waals surface area contributed by atoms with Gasteiger partial charge in [-0.3, -0.25) is 0 Å². The molecule has 37 heavy (non-hydrogen) atoms. The molecule has 1 unspecified atom stereocenters. The van der Waals surface area contributed by atoms with Gasteiger partial charge in [0.2, 0.25) is 0 Å². The van der Waals surface area contributed by atoms with Crippen LogP contribution in [-0.4, -0.2) is 19.1 Å². The number of esters is 1. The minimum Gasteiger partial charge on any atom is -0.456 e. The zero-order chi connectivity index (χ0) is 25.7. The molecule has 1 N–H and O–H groups in total. The van der Waals surface area contributed by atoms with Gasteiger partial charge in [0.1, 0.15) is 11.5 Å². The summed E-state index contributed by atoms with van der Waals surface area (Å²) in [5.41, 5.74) is 7.37. The van der Waals surface area contributed by atoms with Crippen molar-refractivity contribution in [3.8, 4) is 11.5 Å². The summed E-state index contributed by atoms with van der Waals surface area (Å²) in [7, 11) is 0. The van der Waals surface area contributed by atoms with Crippen molar-refractivity contribution in [2.45, 2.75) is 33.3 Å². The number of ether oxygens (including phenoxy) is 2. The lowest BCUT2D eigenvalue weighted by molar-refractivity contribution is 0.0224. The maximum atomic E-state index is 13.2. The molecule has 0 bridgehead atoms. The monoisotopic (exact) mass is 490 g/mol. The van der Waals surface area contributed by atoms with Gasteiger partial charge in [0, 0.05) is 52.9 Å². The number of carbonyl (C=O) groups is 1. The molecular weight excluding hydrogens is 460 g/mol. The highest BCUT2D eigenvalue weighted by molar-refractivity contribution is 5.97. The predicted octanol–water partition coefficient (Wildman–Crippen LogP) is 7.46. The van der Waals surface area contributed by atoms with Crippen LogP contribution in [-0.2, 0) is 10.3 Å². The van der Waals surface area contributed by atoms with Crippen LogP contribution in [0.4, 0.5) is 17.1 Å². The molecule has 186 valence electrons. The van der Waals surface area contributed by atoms with Crippen LogP contribution in [0, 0.1) is 13.8 Å². The number of nitrogens with one attached hydrogen (secondary N) is 1. The number of hydrogen-bond donors (Lipinski definition) is 1. The number of fused-ring (bicyclic) bond motifs is 6. The summed E-state index contributed by atoms with van der Waals surface area (Å²) >= 11 is 0. The van der Waals surface area contributed by atoms with Gasteiger partial charge in [0.25, 0.3) is 0 Å². The second kappa shape index (κ2) is 8.70. The van der Waals surface area contributed by atoms with Gasteiger partial charge in [-0.2, -0.15) is 0 Å². The molecule has 0 aliphatic carbocycles. The minimum absolute atomic E-state index is 0.324. The molecule has 4 aromatic carbocycles. The molecule has 6 rings (SSSR count). The summed E-state index contributed by atoms with van der Waals surface area (Å²) in [6.07, 6.45) is 0. The standard InChI is InChI=1S/C32H30N2O3/c1-5-34(6-2)23-13-14-26-30(19-23)36-29-16-12-22(33-28-15-11-20(3)17-21(28)4)18-27(29)32(26)25-10-8-7-9-24(25)31(35)37-32/h7-19,33H,5-6H2,1-4H3. The van der Waals surface area contributed by atoms with Crippen LogP contribution in [0.2, 0.25) is 0 Å². The predicted molar refractivity (Wildman–Crippen MR) is 147 cm³/mol. The Balaban J connectivity index is 1.54. The van der Waals surface area contributed by atoms with Gasteiger partial charge in [0.15, 0.2) is 5.60 Å². The van der Waals surface area contributed by atoms with E-state index in [1.54, 1.807) is 0 Å². The molecule has 5 nitrogen and oxygen atoms in total. The zero-order valence-corrected chi connectivity index (χ0v) is 21.6. The molecule has 2 aliphatic heterocycles. The van der Waals surface area contributed by atoms with Gasteiger partial charge in [-0.05, 0) is 75.7 Å². The Kier molecular flexibility index (Phi) is 5.45. The van der Waals surface area contributed by atoms with Crippen LogP contribution in [0.15, 0.2) is 78.9 Å². The van der Waals surface area contributed by atoms with Crippen LogP contribution >= 0.6 is 0 Å². The highest BCUT2D eigenvalue weighted by atomic mass is 16.6. The molecule has 2 heterocycles. The summed E-state index contributed by atoms with van der Waals surface area (Å²) in [4.78, 5) is 15.5. The van der Waals surface area contributed by atoms with Crippen molar-refractivity contribution < 1.29 is 14.3 Å². The van der Waals surface area contributed by atoms with E-state index in [0.717, 1.165) is 52.4 Å². The lowest BCUT2D eigenvalue weighted by Gasteiger charge is -2.37. The second-order valence-electron chi connectivity index (χ2n) is 9.73. The molecular formula is C32H30N2O3. The topological polar surface area (TPSA) is 50.8 Å². The lowest BCUT2D eigenvalue weighted by atomic mass is 9.77. The molecule has 0 aromatic heterocycles. The molecule has 1 spiro atoms. The number of hydrogen-bond acceptors (Lipinski definition) is 5. The van der Waals surface area contributed by atoms with Crippen molar-refractivity contribution in [3.63, 3.8) is 0 Å². The number of nitrogens with zero attached hydrogens (tertiary/aromatic N) is 1. The van der Waals surface area contributed by atoms with E-state index in [0.29, 0.717) is 17.1 Å². The molecule has 5 heteroatoms. The Morgan fingerprint density at radius 2 is 1.62 bits per heavy atom. The first kappa shape index (κ1) is 23.2. The summed E-state index contributed by atoms with van der Waals surface area (Å²) < 4.78 is 12.8. The van der Waals surface area contributed by atoms with Gasteiger partial charge < -0.3 is 19.7 Å². The van der Waals surface area contributed by atoms with Crippen molar-refractivity contribution in [1.82, 2.24) is 0 Å². The van der Waals surface area contributed by atoms with Gasteiger partial charge in [-0.25, -0.2) is 4.79 Å². The average molecular weight is 491 g/mol. The molecule has 0 saturated heterocycles. The Bertz CT molecular complexity index is 1540. The lowest BCUT2D eigenvalue weighted by Crippen LogP contribution is -2.33. The normalized spacial score (nSPS) is 16.9. The number of carbonyl (C=O) groups excluding carboxylic acids is 1. The first-order valence-electron chi connectivity index (χ1n) is 12.8. The second-order valence-corrected chi connectivity index (χ2v) is 9.73. The van der Waals surface area contributed by atoms with Crippen LogP contribution in [0.5, 0.6) is 11.5 Å². The quantitative estimate of drug-likeness (QED) is 0.294. The number of benzene rings is 4. The van der Waals surface area contributed by atoms with E-state index in [4.69, 9.17) is 9.47 Å². The fraction of sp³-hybridized carbons (Fsp3) is 0.219. The fourth-order valence-electron chi connectivity index (χ4n) is 5.63. The number of anilines is 3. The van der Waals surface area contributed by atoms with E-state index in [9.17, 15) is 4.79 Å². The first-order valence-corrected chi connectivity index (χ1v) is 12.8. The smallest absolute Gasteiger partial charge is 0.340 e. The maximum absolute atomic E-state index is 13.2. The van der Waals surface area contributed by atoms with Crippen LogP contribution in [0.1, 0.15) is 52.0 Å². The first-order chi connectivity index (χ1) is 17.9. The molecule has 0 radical (unpaired) electrons. The van der Waals surface area contributed by atoms with E-state index < -0.39 is 5.60 Å². The fourth-order valence-corrected chi connectivity index (χ4v) is 5.63. The Hall–Kier alpha value is -4.25. The van der Waals surface area contributed by atoms with Crippen molar-refractivity contribution in [2.24, 2.45) is 0 Å². The zero-order valence-electron chi connectivity index (χ0n) is 21.6. The third-order valence-corrected chi connectivity index (χ3v) is 7.48. The Labute approximate surface area is 217 Å². The van der Waals surface area contributed by atoms with Crippen molar-refractivity contribution in [3.05, 3.63) is 112 Å². The van der Waals surface area contributed by atoms with Crippen LogP contribution < -0.4 is 15.0 Å². The van der Waals surface area contributed by atoms with E-state index in [1.165, 1.54) is 5.56 Å². The SMILES string of the molecule is CCN(CC)c1ccc2c(c1)Oc1ccc(Nc3ccc(C)cc3C)cc1C21OC(=O)c2ccccc21. The van der Waals surface area contributed by atoms with E-state index >= 15 is 0 Å². The maximum Gasteiger partial charge on any atom is 0.340 e. The summed E-state index contributed by atoms with van der Waals surface area (Å²) in [5, 5.41) is 3.55. The molecule has 0 fully saturated rings. The molecule has 2 aliphatic rings. The molecule has 0 saturated carbocycles. The average Bonchev–Trinajstić information content (AvgIpc) is 3.20. The van der Waals surface area contributed by atoms with Gasteiger partial charge in [-0.15, -0.1) is 0 Å². The summed E-state index contributed by atoms with van der Waals surface area (Å²) in [6.45, 7) is 10.2. The molecule has 1 atom stereocenters. The van der Waals surface area contributed by atoms with Gasteiger partial charge in [-0.1, -0.05) is 35.9 Å². The third-order valence-electron chi connectivity index (χ3n) is 7.48. The Morgan fingerprint density at radius 3 is 2.41 bits per heavy atom. The van der Waals surface area contributed by atoms with Crippen molar-refractivity contribution >= 4 is 23.0 Å².